The second-order valence-electron chi connectivity index (χ2n) is 8.34. The molecule has 0 unspecified atom stereocenters. The first-order valence-corrected chi connectivity index (χ1v) is 10.0. The summed E-state index contributed by atoms with van der Waals surface area (Å²) in [6.45, 7) is 3.72. The summed E-state index contributed by atoms with van der Waals surface area (Å²) < 4.78 is 12.9. The van der Waals surface area contributed by atoms with Crippen molar-refractivity contribution in [1.82, 2.24) is 30.1 Å². The number of nitrogens with zero attached hydrogens (tertiary/aromatic N) is 5. The molecule has 2 atom stereocenters. The summed E-state index contributed by atoms with van der Waals surface area (Å²) in [7, 11) is 1.95. The average Bonchev–Trinajstić information content (AvgIpc) is 3.37. The van der Waals surface area contributed by atoms with E-state index in [4.69, 9.17) is 9.26 Å². The summed E-state index contributed by atoms with van der Waals surface area (Å²) in [4.78, 5) is 19.9. The third-order valence-electron chi connectivity index (χ3n) is 6.55. The van der Waals surface area contributed by atoms with Gasteiger partial charge in [0.25, 0.3) is 0 Å². The molecule has 9 nitrogen and oxygen atoms in total. The Balaban J connectivity index is 1.22. The molecule has 1 amide bonds. The maximum atomic E-state index is 13.1. The molecule has 1 N–H and O–H groups in total. The van der Waals surface area contributed by atoms with Gasteiger partial charge in [-0.2, -0.15) is 10.1 Å². The van der Waals surface area contributed by atoms with Gasteiger partial charge in [0, 0.05) is 44.7 Å². The zero-order valence-electron chi connectivity index (χ0n) is 16.1. The van der Waals surface area contributed by atoms with E-state index in [0.717, 1.165) is 31.6 Å². The highest BCUT2D eigenvalue weighted by atomic mass is 16.5. The zero-order chi connectivity index (χ0) is 19.1. The van der Waals surface area contributed by atoms with Gasteiger partial charge in [0.2, 0.25) is 11.8 Å². The summed E-state index contributed by atoms with van der Waals surface area (Å²) >= 11 is 0. The van der Waals surface area contributed by atoms with Crippen LogP contribution >= 0.6 is 0 Å². The second kappa shape index (κ2) is 6.97. The summed E-state index contributed by atoms with van der Waals surface area (Å²) in [5.74, 6) is 1.89. The molecule has 2 saturated heterocycles. The number of nitrogens with one attached hydrogen (secondary N) is 1. The summed E-state index contributed by atoms with van der Waals surface area (Å²) in [6, 6.07) is 2.02. The maximum Gasteiger partial charge on any atom is 0.230 e. The largest absolute Gasteiger partial charge is 0.380 e. The van der Waals surface area contributed by atoms with Gasteiger partial charge < -0.3 is 14.6 Å². The summed E-state index contributed by atoms with van der Waals surface area (Å²) in [5, 5.41) is 11.3. The molecule has 0 bridgehead atoms. The van der Waals surface area contributed by atoms with Crippen LogP contribution in [-0.2, 0) is 29.7 Å². The highest BCUT2D eigenvalue weighted by molar-refractivity contribution is 5.84. The van der Waals surface area contributed by atoms with Crippen LogP contribution in [0.2, 0.25) is 0 Å². The van der Waals surface area contributed by atoms with E-state index >= 15 is 0 Å². The molecule has 1 aliphatic carbocycles. The van der Waals surface area contributed by atoms with Crippen molar-refractivity contribution in [2.75, 3.05) is 26.3 Å². The fourth-order valence-electron chi connectivity index (χ4n) is 4.56. The predicted octanol–water partition coefficient (Wildman–Crippen LogP) is 0.835. The Bertz CT molecular complexity index is 859. The van der Waals surface area contributed by atoms with E-state index in [2.05, 4.69) is 25.5 Å². The van der Waals surface area contributed by atoms with Crippen molar-refractivity contribution in [2.45, 2.75) is 38.3 Å². The van der Waals surface area contributed by atoms with Crippen LogP contribution in [0.25, 0.3) is 0 Å². The van der Waals surface area contributed by atoms with Gasteiger partial charge >= 0.3 is 0 Å². The van der Waals surface area contributed by atoms with Crippen molar-refractivity contribution in [3.8, 4) is 0 Å². The number of ether oxygens (including phenoxy) is 1. The zero-order valence-corrected chi connectivity index (χ0v) is 16.1. The highest BCUT2D eigenvalue weighted by Crippen LogP contribution is 2.42. The van der Waals surface area contributed by atoms with Gasteiger partial charge in [0.05, 0.1) is 30.9 Å². The lowest BCUT2D eigenvalue weighted by atomic mass is 9.80. The minimum atomic E-state index is -0.501. The molecule has 5 rings (SSSR count). The number of rotatable bonds is 6. The molecule has 2 aromatic heterocycles. The minimum Gasteiger partial charge on any atom is -0.380 e. The van der Waals surface area contributed by atoms with E-state index in [1.165, 1.54) is 6.42 Å². The first-order chi connectivity index (χ1) is 13.6. The molecule has 0 spiro atoms. The number of hydrogen-bond donors (Lipinski definition) is 1. The number of aryl methyl sites for hydroxylation is 1. The lowest BCUT2D eigenvalue weighted by Gasteiger charge is -2.25. The molecule has 2 aliphatic heterocycles. The van der Waals surface area contributed by atoms with E-state index in [9.17, 15) is 4.79 Å². The second-order valence-corrected chi connectivity index (χ2v) is 8.34. The number of amides is 1. The first-order valence-electron chi connectivity index (χ1n) is 10.0. The van der Waals surface area contributed by atoms with E-state index in [-0.39, 0.29) is 11.8 Å². The van der Waals surface area contributed by atoms with Crippen LogP contribution in [-0.4, -0.2) is 57.0 Å². The summed E-state index contributed by atoms with van der Waals surface area (Å²) in [5.41, 5.74) is 0.644. The Labute approximate surface area is 163 Å². The minimum absolute atomic E-state index is 0.0255. The van der Waals surface area contributed by atoms with Gasteiger partial charge in [-0.15, -0.1) is 0 Å². The topological polar surface area (TPSA) is 98.3 Å². The van der Waals surface area contributed by atoms with E-state index in [0.29, 0.717) is 43.9 Å². The van der Waals surface area contributed by atoms with Gasteiger partial charge in [-0.1, -0.05) is 11.6 Å². The molecule has 4 heterocycles. The third kappa shape index (κ3) is 3.02. The van der Waals surface area contributed by atoms with Crippen LogP contribution in [0, 0.1) is 11.3 Å². The Morgan fingerprint density at radius 2 is 2.32 bits per heavy atom. The third-order valence-corrected chi connectivity index (χ3v) is 6.55. The SMILES string of the molecule is Cn1nccc1CN1C[C@@H]2COC[C@]2(C(=O)NCc2noc(C3CCC3)n2)C1. The van der Waals surface area contributed by atoms with Crippen molar-refractivity contribution in [1.29, 1.82) is 0 Å². The first kappa shape index (κ1) is 17.8. The number of fused-ring (bicyclic) bond motifs is 1. The molecule has 9 heteroatoms. The molecule has 1 saturated carbocycles. The van der Waals surface area contributed by atoms with Gasteiger partial charge in [-0.25, -0.2) is 0 Å². The Morgan fingerprint density at radius 1 is 1.43 bits per heavy atom. The molecule has 3 aliphatic rings. The van der Waals surface area contributed by atoms with E-state index < -0.39 is 5.41 Å². The number of aromatic nitrogens is 4. The molecule has 3 fully saturated rings. The Hall–Kier alpha value is -2.26. The van der Waals surface area contributed by atoms with Crippen LogP contribution in [0.15, 0.2) is 16.8 Å². The quantitative estimate of drug-likeness (QED) is 0.785. The van der Waals surface area contributed by atoms with Crippen LogP contribution in [0.1, 0.15) is 42.6 Å². The monoisotopic (exact) mass is 386 g/mol. The van der Waals surface area contributed by atoms with Crippen LogP contribution < -0.4 is 5.32 Å². The molecule has 28 heavy (non-hydrogen) atoms. The number of likely N-dealkylation sites (tertiary alicyclic amines) is 1. The molecule has 2 aromatic rings. The molecule has 0 aromatic carbocycles. The van der Waals surface area contributed by atoms with Crippen LogP contribution in [0.4, 0.5) is 0 Å². The predicted molar refractivity (Wildman–Crippen MR) is 98.0 cm³/mol. The molecule has 150 valence electrons. The Morgan fingerprint density at radius 3 is 3.07 bits per heavy atom. The van der Waals surface area contributed by atoms with E-state index in [1.807, 2.05) is 17.8 Å². The van der Waals surface area contributed by atoms with Crippen molar-refractivity contribution in [2.24, 2.45) is 18.4 Å². The van der Waals surface area contributed by atoms with E-state index in [1.54, 1.807) is 6.20 Å². The van der Waals surface area contributed by atoms with Gasteiger partial charge in [0.15, 0.2) is 5.82 Å². The van der Waals surface area contributed by atoms with Gasteiger partial charge in [0.1, 0.15) is 0 Å². The fourth-order valence-corrected chi connectivity index (χ4v) is 4.56. The van der Waals surface area contributed by atoms with Gasteiger partial charge in [-0.05, 0) is 18.9 Å². The smallest absolute Gasteiger partial charge is 0.230 e. The highest BCUT2D eigenvalue weighted by Gasteiger charge is 2.55. The van der Waals surface area contributed by atoms with Crippen molar-refractivity contribution in [3.63, 3.8) is 0 Å². The summed E-state index contributed by atoms with van der Waals surface area (Å²) in [6.07, 6.45) is 5.25. The normalized spacial score (nSPS) is 27.7. The van der Waals surface area contributed by atoms with Crippen LogP contribution in [0.5, 0.6) is 0 Å². The molecular formula is C19H26N6O3. The lowest BCUT2D eigenvalue weighted by molar-refractivity contribution is -0.131. The molecule has 0 radical (unpaired) electrons. The van der Waals surface area contributed by atoms with Crippen molar-refractivity contribution >= 4 is 5.91 Å². The maximum absolute atomic E-state index is 13.1. The number of carbonyl (C=O) groups is 1. The van der Waals surface area contributed by atoms with Gasteiger partial charge in [-0.3, -0.25) is 14.4 Å². The van der Waals surface area contributed by atoms with Crippen LogP contribution in [0.3, 0.4) is 0 Å². The lowest BCUT2D eigenvalue weighted by Crippen LogP contribution is -2.46. The van der Waals surface area contributed by atoms with Crippen molar-refractivity contribution < 1.29 is 14.1 Å². The molecular weight excluding hydrogens is 360 g/mol. The fraction of sp³-hybridized carbons (Fsp3) is 0.684. The Kier molecular flexibility index (Phi) is 4.43. The average molecular weight is 386 g/mol. The van der Waals surface area contributed by atoms with Crippen molar-refractivity contribution in [3.05, 3.63) is 29.7 Å². The number of carbonyl (C=O) groups excluding carboxylic acids is 1. The number of hydrogen-bond acceptors (Lipinski definition) is 7. The standard InChI is InChI=1S/C19H26N6O3/c1-24-15(5-6-21-24)9-25-8-14-10-27-12-19(14,11-25)18(26)20-7-16-22-17(28-23-16)13-3-2-4-13/h5-6,13-14H,2-4,7-12H2,1H3,(H,20,26)/t14-,19-/m1/s1.